The monoisotopic (exact) mass is 476 g/mol. The van der Waals surface area contributed by atoms with E-state index in [0.29, 0.717) is 25.9 Å². The molecule has 3 fully saturated rings. The summed E-state index contributed by atoms with van der Waals surface area (Å²) < 4.78 is 12.1. The fourth-order valence-corrected chi connectivity index (χ4v) is 8.41. The summed E-state index contributed by atoms with van der Waals surface area (Å²) in [6.45, 7) is 6.58. The molecule has 0 amide bonds. The van der Waals surface area contributed by atoms with Crippen LogP contribution in [-0.4, -0.2) is 53.5 Å². The zero-order valence-corrected chi connectivity index (χ0v) is 21.3. The summed E-state index contributed by atoms with van der Waals surface area (Å²) in [5, 5.41) is 21.5. The zero-order valence-electron chi connectivity index (χ0n) is 21.3. The molecule has 0 aromatic heterocycles. The number of aliphatic hydroxyl groups excluding tert-OH is 2. The van der Waals surface area contributed by atoms with E-state index in [-0.39, 0.29) is 41.5 Å². The summed E-state index contributed by atoms with van der Waals surface area (Å²) >= 11 is 0. The van der Waals surface area contributed by atoms with Crippen LogP contribution in [0.1, 0.15) is 91.4 Å². The van der Waals surface area contributed by atoms with Crippen LogP contribution in [0.3, 0.4) is 0 Å². The molecule has 7 atom stereocenters. The molecule has 0 aromatic carbocycles. The van der Waals surface area contributed by atoms with Gasteiger partial charge in [0.2, 0.25) is 0 Å². The van der Waals surface area contributed by atoms with E-state index in [2.05, 4.69) is 20.8 Å². The van der Waals surface area contributed by atoms with Crippen molar-refractivity contribution in [2.75, 3.05) is 20.0 Å². The predicted molar refractivity (Wildman–Crippen MR) is 129 cm³/mol. The fraction of sp³-hybridized carbons (Fsp3) is 0.857. The van der Waals surface area contributed by atoms with Crippen molar-refractivity contribution in [3.8, 4) is 0 Å². The smallest absolute Gasteiger partial charge is 0.190 e. The average molecular weight is 477 g/mol. The highest BCUT2D eigenvalue weighted by molar-refractivity contribution is 5.92. The summed E-state index contributed by atoms with van der Waals surface area (Å²) in [7, 11) is 0. The van der Waals surface area contributed by atoms with Crippen molar-refractivity contribution in [2.24, 2.45) is 28.6 Å². The number of hydrogen-bond donors (Lipinski definition) is 2. The van der Waals surface area contributed by atoms with Crippen molar-refractivity contribution >= 4 is 11.6 Å². The molecule has 0 aromatic rings. The number of carbonyl (C=O) groups excluding carboxylic acids is 2. The summed E-state index contributed by atoms with van der Waals surface area (Å²) in [4.78, 5) is 25.3. The minimum Gasteiger partial charge on any atom is -0.393 e. The molecule has 4 aliphatic rings. The van der Waals surface area contributed by atoms with Crippen LogP contribution in [0.4, 0.5) is 0 Å². The van der Waals surface area contributed by atoms with E-state index >= 15 is 0 Å². The predicted octanol–water partition coefficient (Wildman–Crippen LogP) is 4.36. The van der Waals surface area contributed by atoms with E-state index < -0.39 is 23.7 Å². The van der Waals surface area contributed by atoms with Gasteiger partial charge in [-0.15, -0.1) is 0 Å². The normalized spacial score (nSPS) is 41.4. The Labute approximate surface area is 204 Å². The van der Waals surface area contributed by atoms with Crippen molar-refractivity contribution in [2.45, 2.75) is 103 Å². The number of carbonyl (C=O) groups is 2. The van der Waals surface area contributed by atoms with E-state index in [4.69, 9.17) is 9.47 Å². The molecule has 0 saturated heterocycles. The van der Waals surface area contributed by atoms with Gasteiger partial charge < -0.3 is 19.7 Å². The maximum Gasteiger partial charge on any atom is 0.190 e. The molecule has 3 saturated carbocycles. The van der Waals surface area contributed by atoms with Gasteiger partial charge in [-0.3, -0.25) is 9.59 Å². The molecular formula is C28H44O6. The Kier molecular flexibility index (Phi) is 7.74. The number of hydrogen-bond acceptors (Lipinski definition) is 6. The summed E-state index contributed by atoms with van der Waals surface area (Å²) in [5.74, 6) is 0.516. The Balaban J connectivity index is 1.55. The van der Waals surface area contributed by atoms with Crippen LogP contribution in [0.25, 0.3) is 0 Å². The van der Waals surface area contributed by atoms with Gasteiger partial charge in [0.15, 0.2) is 11.6 Å². The van der Waals surface area contributed by atoms with Gasteiger partial charge in [0.1, 0.15) is 19.0 Å². The number of ether oxygens (including phenoxy) is 2. The van der Waals surface area contributed by atoms with Gasteiger partial charge in [-0.05, 0) is 74.2 Å². The lowest BCUT2D eigenvalue weighted by Crippen LogP contribution is -2.63. The second-order valence-corrected chi connectivity index (χ2v) is 11.8. The van der Waals surface area contributed by atoms with Gasteiger partial charge in [0, 0.05) is 18.4 Å². The second-order valence-electron chi connectivity index (χ2n) is 11.8. The molecule has 192 valence electrons. The number of aliphatic hydroxyl groups is 2. The number of ketones is 2. The van der Waals surface area contributed by atoms with Gasteiger partial charge in [0.25, 0.3) is 0 Å². The van der Waals surface area contributed by atoms with Crippen LogP contribution in [-0.2, 0) is 19.1 Å². The first-order chi connectivity index (χ1) is 16.2. The van der Waals surface area contributed by atoms with Gasteiger partial charge in [-0.2, -0.15) is 0 Å². The second kappa shape index (κ2) is 10.1. The van der Waals surface area contributed by atoms with E-state index in [1.807, 2.05) is 6.08 Å². The van der Waals surface area contributed by atoms with Crippen LogP contribution >= 0.6 is 0 Å². The lowest BCUT2D eigenvalue weighted by molar-refractivity contribution is -0.219. The number of Topliss-reactive ketones (excluding diaryl/α,β-unsaturated/α-hetero) is 1. The number of fused-ring (bicyclic) bond motifs is 5. The van der Waals surface area contributed by atoms with Crippen molar-refractivity contribution < 1.29 is 29.3 Å². The number of allylic oxidation sites excluding steroid dienone is 1. The van der Waals surface area contributed by atoms with Crippen LogP contribution in [0.5, 0.6) is 0 Å². The molecule has 4 rings (SSSR count). The molecule has 0 aliphatic heterocycles. The summed E-state index contributed by atoms with van der Waals surface area (Å²) in [5.41, 5.74) is -0.634. The number of unbranched alkanes of at least 4 members (excludes halogenated alkanes) is 3. The van der Waals surface area contributed by atoms with E-state index in [9.17, 15) is 19.8 Å². The molecule has 2 N–H and O–H groups in total. The molecule has 6 heteroatoms. The number of rotatable bonds is 10. The van der Waals surface area contributed by atoms with Crippen LogP contribution in [0, 0.1) is 28.6 Å². The van der Waals surface area contributed by atoms with Gasteiger partial charge in [-0.1, -0.05) is 45.6 Å². The molecular weight excluding hydrogens is 432 g/mol. The van der Waals surface area contributed by atoms with Crippen LogP contribution in [0.15, 0.2) is 11.6 Å². The molecule has 4 aliphatic carbocycles. The Morgan fingerprint density at radius 2 is 1.94 bits per heavy atom. The quantitative estimate of drug-likeness (QED) is 0.359. The summed E-state index contributed by atoms with van der Waals surface area (Å²) in [6, 6.07) is 0. The van der Waals surface area contributed by atoms with Crippen molar-refractivity contribution in [1.29, 1.82) is 0 Å². The first kappa shape index (κ1) is 26.0. The summed E-state index contributed by atoms with van der Waals surface area (Å²) in [6.07, 6.45) is 10.7. The fourth-order valence-electron chi connectivity index (χ4n) is 8.41. The Hall–Kier alpha value is -1.08. The third kappa shape index (κ3) is 4.12. The molecule has 0 bridgehead atoms. The third-order valence-corrected chi connectivity index (χ3v) is 10.1. The van der Waals surface area contributed by atoms with Gasteiger partial charge in [-0.25, -0.2) is 0 Å². The van der Waals surface area contributed by atoms with E-state index in [1.165, 1.54) is 18.4 Å². The SMILES string of the molecule is CCCCCCOCO[C@]1(C(=O)CO)CC[C@H]2[C@@H]3CCC4=CC(=O)CC[C@]4(C)[C@H]3C(O)C[C@@]21C. The first-order valence-electron chi connectivity index (χ1n) is 13.5. The highest BCUT2D eigenvalue weighted by Gasteiger charge is 2.69. The molecule has 0 heterocycles. The average Bonchev–Trinajstić information content (AvgIpc) is 3.10. The Bertz CT molecular complexity index is 807. The standard InChI is InChI=1S/C28H44O6/c1-4-5-6-7-14-33-18-34-28(24(32)17-29)13-11-22-21-9-8-19-15-20(30)10-12-26(19,2)25(21)23(31)16-27(22,28)3/h15,21-23,25,29,31H,4-14,16-18H2,1-3H3/t21-,22-,23?,25+,26-,27-,28-/m0/s1. The minimum atomic E-state index is -1.12. The van der Waals surface area contributed by atoms with E-state index in [1.54, 1.807) is 0 Å². The molecule has 6 nitrogen and oxygen atoms in total. The molecule has 1 unspecified atom stereocenters. The topological polar surface area (TPSA) is 93.1 Å². The van der Waals surface area contributed by atoms with Gasteiger partial charge >= 0.3 is 0 Å². The Morgan fingerprint density at radius 3 is 2.68 bits per heavy atom. The van der Waals surface area contributed by atoms with E-state index in [0.717, 1.165) is 38.5 Å². The zero-order chi connectivity index (χ0) is 24.6. The maximum atomic E-state index is 13.2. The lowest BCUT2D eigenvalue weighted by Gasteiger charge is -2.61. The van der Waals surface area contributed by atoms with Crippen LogP contribution < -0.4 is 0 Å². The first-order valence-corrected chi connectivity index (χ1v) is 13.5. The highest BCUT2D eigenvalue weighted by Crippen LogP contribution is 2.68. The Morgan fingerprint density at radius 1 is 1.15 bits per heavy atom. The highest BCUT2D eigenvalue weighted by atomic mass is 16.7. The minimum absolute atomic E-state index is 0.0388. The van der Waals surface area contributed by atoms with Gasteiger partial charge in [0.05, 0.1) is 6.10 Å². The van der Waals surface area contributed by atoms with Crippen molar-refractivity contribution in [3.05, 3.63) is 11.6 Å². The maximum absolute atomic E-state index is 13.2. The van der Waals surface area contributed by atoms with Crippen LogP contribution in [0.2, 0.25) is 0 Å². The third-order valence-electron chi connectivity index (χ3n) is 10.1. The molecule has 0 spiro atoms. The lowest BCUT2D eigenvalue weighted by atomic mass is 9.45. The molecule has 34 heavy (non-hydrogen) atoms. The largest absolute Gasteiger partial charge is 0.393 e. The van der Waals surface area contributed by atoms with Crippen molar-refractivity contribution in [3.63, 3.8) is 0 Å². The van der Waals surface area contributed by atoms with Crippen molar-refractivity contribution in [1.82, 2.24) is 0 Å². The molecule has 0 radical (unpaired) electrons.